The zero-order valence-corrected chi connectivity index (χ0v) is 12.1. The van der Waals surface area contributed by atoms with E-state index in [-0.39, 0.29) is 0 Å². The number of allylic oxidation sites excluding steroid dienone is 2. The van der Waals surface area contributed by atoms with E-state index < -0.39 is 0 Å². The number of hydrogen-bond acceptors (Lipinski definition) is 1. The molecule has 0 saturated carbocycles. The van der Waals surface area contributed by atoms with Gasteiger partial charge in [0.05, 0.1) is 0 Å². The molecule has 0 amide bonds. The van der Waals surface area contributed by atoms with Crippen LogP contribution in [-0.4, -0.2) is 12.3 Å². The van der Waals surface area contributed by atoms with Crippen LogP contribution in [0.15, 0.2) is 17.1 Å². The highest BCUT2D eigenvalue weighted by molar-refractivity contribution is 5.89. The lowest BCUT2D eigenvalue weighted by Gasteiger charge is -2.45. The Morgan fingerprint density at radius 1 is 1.24 bits per heavy atom. The highest BCUT2D eigenvalue weighted by atomic mass is 14.8. The van der Waals surface area contributed by atoms with Gasteiger partial charge in [0.1, 0.15) is 0 Å². The molecule has 0 N–H and O–H groups in total. The lowest BCUT2D eigenvalue weighted by atomic mass is 9.58. The molecule has 1 aliphatic carbocycles. The van der Waals surface area contributed by atoms with Crippen molar-refractivity contribution in [2.75, 3.05) is 6.54 Å². The van der Waals surface area contributed by atoms with Gasteiger partial charge in [0, 0.05) is 17.7 Å². The summed E-state index contributed by atoms with van der Waals surface area (Å²) in [5, 5.41) is 0. The molecule has 1 heteroatoms. The SMILES string of the molecule is CC1=NCCC(C)(C)C[C@@]12C[C@@H](C)C=C[C@H]2C. The molecule has 96 valence electrons. The van der Waals surface area contributed by atoms with Crippen molar-refractivity contribution in [3.8, 4) is 0 Å². The second-order valence-corrected chi connectivity index (χ2v) is 7.07. The van der Waals surface area contributed by atoms with Gasteiger partial charge in [-0.15, -0.1) is 0 Å². The maximum absolute atomic E-state index is 4.86. The minimum Gasteiger partial charge on any atom is -0.294 e. The fraction of sp³-hybridized carbons (Fsp3) is 0.812. The molecule has 0 aromatic rings. The van der Waals surface area contributed by atoms with Gasteiger partial charge in [0.15, 0.2) is 0 Å². The Labute approximate surface area is 106 Å². The predicted molar refractivity (Wildman–Crippen MR) is 75.5 cm³/mol. The third-order valence-corrected chi connectivity index (χ3v) is 4.94. The summed E-state index contributed by atoms with van der Waals surface area (Å²) in [4.78, 5) is 4.86. The topological polar surface area (TPSA) is 12.4 Å². The summed E-state index contributed by atoms with van der Waals surface area (Å²) < 4.78 is 0. The van der Waals surface area contributed by atoms with Gasteiger partial charge in [-0.2, -0.15) is 0 Å². The van der Waals surface area contributed by atoms with Crippen LogP contribution in [0, 0.1) is 22.7 Å². The van der Waals surface area contributed by atoms with Crippen molar-refractivity contribution in [3.05, 3.63) is 12.2 Å². The molecule has 1 aliphatic heterocycles. The summed E-state index contributed by atoms with van der Waals surface area (Å²) >= 11 is 0. The summed E-state index contributed by atoms with van der Waals surface area (Å²) in [6.07, 6.45) is 8.63. The van der Waals surface area contributed by atoms with Crippen LogP contribution in [0.25, 0.3) is 0 Å². The fourth-order valence-corrected chi connectivity index (χ4v) is 3.83. The molecule has 3 atom stereocenters. The van der Waals surface area contributed by atoms with E-state index in [0.717, 1.165) is 6.54 Å². The zero-order chi connectivity index (χ0) is 12.7. The third kappa shape index (κ3) is 2.34. The first kappa shape index (κ1) is 12.9. The maximum Gasteiger partial charge on any atom is 0.0393 e. The van der Waals surface area contributed by atoms with Crippen LogP contribution < -0.4 is 0 Å². The summed E-state index contributed by atoms with van der Waals surface area (Å²) in [6, 6.07) is 0. The monoisotopic (exact) mass is 233 g/mol. The van der Waals surface area contributed by atoms with Crippen molar-refractivity contribution < 1.29 is 0 Å². The van der Waals surface area contributed by atoms with Crippen LogP contribution in [0.4, 0.5) is 0 Å². The Kier molecular flexibility index (Phi) is 3.22. The molecule has 0 saturated heterocycles. The summed E-state index contributed by atoms with van der Waals surface area (Å²) in [6.45, 7) is 12.8. The summed E-state index contributed by atoms with van der Waals surface area (Å²) in [5.74, 6) is 1.34. The van der Waals surface area contributed by atoms with Crippen molar-refractivity contribution in [1.82, 2.24) is 0 Å². The second-order valence-electron chi connectivity index (χ2n) is 7.07. The molecular formula is C16H27N. The average Bonchev–Trinajstić information content (AvgIpc) is 2.32. The molecule has 2 aliphatic rings. The molecular weight excluding hydrogens is 206 g/mol. The first-order valence-electron chi connectivity index (χ1n) is 7.06. The predicted octanol–water partition coefficient (Wildman–Crippen LogP) is 4.49. The average molecular weight is 233 g/mol. The fourth-order valence-electron chi connectivity index (χ4n) is 3.83. The van der Waals surface area contributed by atoms with Crippen LogP contribution in [0.3, 0.4) is 0 Å². The van der Waals surface area contributed by atoms with Crippen LogP contribution in [0.2, 0.25) is 0 Å². The van der Waals surface area contributed by atoms with Crippen LogP contribution >= 0.6 is 0 Å². The Bertz CT molecular complexity index is 351. The lowest BCUT2D eigenvalue weighted by Crippen LogP contribution is -2.41. The number of aliphatic imine (C=N–C) groups is 1. The molecule has 2 rings (SSSR count). The molecule has 1 spiro atoms. The Morgan fingerprint density at radius 2 is 1.94 bits per heavy atom. The molecule has 1 heterocycles. The summed E-state index contributed by atoms with van der Waals surface area (Å²) in [5.41, 5.74) is 2.17. The van der Waals surface area contributed by atoms with Crippen molar-refractivity contribution in [1.29, 1.82) is 0 Å². The molecule has 0 aromatic carbocycles. The van der Waals surface area contributed by atoms with Crippen molar-refractivity contribution in [2.24, 2.45) is 27.7 Å². The second kappa shape index (κ2) is 4.26. The normalized spacial score (nSPS) is 41.1. The van der Waals surface area contributed by atoms with E-state index in [1.54, 1.807) is 0 Å². The smallest absolute Gasteiger partial charge is 0.0393 e. The van der Waals surface area contributed by atoms with Crippen molar-refractivity contribution in [2.45, 2.75) is 53.9 Å². The molecule has 17 heavy (non-hydrogen) atoms. The number of nitrogens with zero attached hydrogens (tertiary/aromatic N) is 1. The first-order valence-corrected chi connectivity index (χ1v) is 7.06. The van der Waals surface area contributed by atoms with Crippen LogP contribution in [0.1, 0.15) is 53.9 Å². The summed E-state index contributed by atoms with van der Waals surface area (Å²) in [7, 11) is 0. The van der Waals surface area contributed by atoms with Gasteiger partial charge in [0.25, 0.3) is 0 Å². The van der Waals surface area contributed by atoms with Gasteiger partial charge >= 0.3 is 0 Å². The third-order valence-electron chi connectivity index (χ3n) is 4.94. The molecule has 0 fully saturated rings. The number of hydrogen-bond donors (Lipinski definition) is 0. The zero-order valence-electron chi connectivity index (χ0n) is 12.1. The van der Waals surface area contributed by atoms with Gasteiger partial charge in [-0.25, -0.2) is 0 Å². The lowest BCUT2D eigenvalue weighted by molar-refractivity contribution is 0.153. The van der Waals surface area contributed by atoms with Gasteiger partial charge in [-0.05, 0) is 43.4 Å². The van der Waals surface area contributed by atoms with Crippen molar-refractivity contribution in [3.63, 3.8) is 0 Å². The van der Waals surface area contributed by atoms with E-state index in [4.69, 9.17) is 4.99 Å². The minimum atomic E-state index is 0.328. The number of rotatable bonds is 0. The highest BCUT2D eigenvalue weighted by Crippen LogP contribution is 2.50. The molecule has 0 unspecified atom stereocenters. The van der Waals surface area contributed by atoms with E-state index in [0.29, 0.717) is 22.7 Å². The van der Waals surface area contributed by atoms with Gasteiger partial charge in [0.2, 0.25) is 0 Å². The first-order chi connectivity index (χ1) is 7.86. The Morgan fingerprint density at radius 3 is 2.65 bits per heavy atom. The van der Waals surface area contributed by atoms with E-state index in [2.05, 4.69) is 46.8 Å². The quantitative estimate of drug-likeness (QED) is 0.547. The Hall–Kier alpha value is -0.590. The molecule has 1 nitrogen and oxygen atoms in total. The minimum absolute atomic E-state index is 0.328. The van der Waals surface area contributed by atoms with Gasteiger partial charge in [-0.1, -0.05) is 39.8 Å². The van der Waals surface area contributed by atoms with E-state index in [9.17, 15) is 0 Å². The van der Waals surface area contributed by atoms with E-state index in [1.165, 1.54) is 25.0 Å². The van der Waals surface area contributed by atoms with E-state index in [1.807, 2.05) is 0 Å². The maximum atomic E-state index is 4.86. The van der Waals surface area contributed by atoms with E-state index >= 15 is 0 Å². The molecule has 0 aromatic heterocycles. The van der Waals surface area contributed by atoms with Crippen molar-refractivity contribution >= 4 is 5.71 Å². The molecule has 0 radical (unpaired) electrons. The van der Waals surface area contributed by atoms with Gasteiger partial charge in [-0.3, -0.25) is 4.99 Å². The largest absolute Gasteiger partial charge is 0.294 e. The van der Waals surface area contributed by atoms with Crippen LogP contribution in [-0.2, 0) is 0 Å². The molecule has 0 bridgehead atoms. The standard InChI is InChI=1S/C16H27N/c1-12-6-7-13(2)16(10-12)11-15(4,5)8-9-17-14(16)3/h6-7,12-13H,8-11H2,1-5H3/t12-,13+,16+/m0/s1. The van der Waals surface area contributed by atoms with Gasteiger partial charge < -0.3 is 0 Å². The highest BCUT2D eigenvalue weighted by Gasteiger charge is 2.45. The Balaban J connectivity index is 2.40. The van der Waals surface area contributed by atoms with Crippen LogP contribution in [0.5, 0.6) is 0 Å².